The fraction of sp³-hybridized carbons (Fsp3) is 0.367. The van der Waals surface area contributed by atoms with Gasteiger partial charge in [0.15, 0.2) is 11.4 Å². The molecule has 0 aliphatic heterocycles. The molecule has 4 unspecified atom stereocenters. The van der Waals surface area contributed by atoms with Crippen LogP contribution in [-0.2, 0) is 20.1 Å². The normalized spacial score (nSPS) is 29.3. The number of thioether (sulfide) groups is 1. The van der Waals surface area contributed by atoms with Crippen molar-refractivity contribution in [1.29, 1.82) is 0 Å². The fourth-order valence-electron chi connectivity index (χ4n) is 6.59. The number of primary amides is 1. The maximum Gasteiger partial charge on any atom is 0.255 e. The summed E-state index contributed by atoms with van der Waals surface area (Å²) in [7, 11) is 1.53. The second-order valence-corrected chi connectivity index (χ2v) is 11.7. The highest BCUT2D eigenvalue weighted by atomic mass is 32.2. The molecule has 7 N–H and O–H groups in total. The Morgan fingerprint density at radius 2 is 1.76 bits per heavy atom. The van der Waals surface area contributed by atoms with Gasteiger partial charge in [-0.05, 0) is 30.8 Å². The lowest BCUT2D eigenvalue weighted by Gasteiger charge is -2.54. The number of ketones is 2. The molecule has 0 radical (unpaired) electrons. The zero-order valence-electron chi connectivity index (χ0n) is 22.5. The number of carbonyl (C=O) groups is 3. The monoisotopic (exact) mass is 580 g/mol. The van der Waals surface area contributed by atoms with Crippen molar-refractivity contribution in [3.8, 4) is 5.75 Å². The first kappa shape index (κ1) is 28.9. The molecule has 2 aromatic rings. The van der Waals surface area contributed by atoms with Gasteiger partial charge in [-0.15, -0.1) is 0 Å². The number of benzene rings is 2. The first-order chi connectivity index (χ1) is 19.5. The summed E-state index contributed by atoms with van der Waals surface area (Å²) in [5.74, 6) is -7.99. The smallest absolute Gasteiger partial charge is 0.255 e. The SMILES string of the molecule is CCN(C)[C@@H]1C(=O)C(C(N)=O)=C(O)[C@@]2(O)C(=O)C3=C(O)c4c(O)cccc4C(CSCc4ccccc4)C3C(O)C12. The van der Waals surface area contributed by atoms with Gasteiger partial charge in [0.1, 0.15) is 22.8 Å². The molecule has 6 atom stereocenters. The highest BCUT2D eigenvalue weighted by Crippen LogP contribution is 2.56. The molecule has 3 aliphatic carbocycles. The number of aliphatic hydroxyl groups excluding tert-OH is 3. The van der Waals surface area contributed by atoms with E-state index in [0.29, 0.717) is 17.1 Å². The van der Waals surface area contributed by atoms with E-state index in [9.17, 15) is 39.9 Å². The Labute approximate surface area is 240 Å². The van der Waals surface area contributed by atoms with E-state index in [0.717, 1.165) is 5.56 Å². The van der Waals surface area contributed by atoms with Crippen LogP contribution in [0.2, 0.25) is 0 Å². The van der Waals surface area contributed by atoms with E-state index in [1.54, 1.807) is 19.1 Å². The number of carbonyl (C=O) groups excluding carboxylic acids is 3. The topological polar surface area (TPSA) is 182 Å². The molecule has 1 amide bonds. The summed E-state index contributed by atoms with van der Waals surface area (Å²) in [5.41, 5.74) is 2.68. The number of Topliss-reactive ketones (excluding diaryl/α,β-unsaturated/α-hetero) is 2. The minimum atomic E-state index is -2.94. The number of aliphatic hydroxyl groups is 4. The predicted molar refractivity (Wildman–Crippen MR) is 152 cm³/mol. The van der Waals surface area contributed by atoms with Gasteiger partial charge in [-0.3, -0.25) is 19.3 Å². The highest BCUT2D eigenvalue weighted by Gasteiger charge is 2.68. The van der Waals surface area contributed by atoms with Gasteiger partial charge >= 0.3 is 0 Å². The maximum absolute atomic E-state index is 14.2. The number of likely N-dealkylation sites (N-methyl/N-ethyl adjacent to an activating group) is 1. The molecule has 0 aromatic heterocycles. The quantitative estimate of drug-likeness (QED) is 0.264. The van der Waals surface area contributed by atoms with E-state index in [4.69, 9.17) is 5.73 Å². The lowest BCUT2D eigenvalue weighted by atomic mass is 9.54. The highest BCUT2D eigenvalue weighted by molar-refractivity contribution is 7.98. The summed E-state index contributed by atoms with van der Waals surface area (Å²) in [4.78, 5) is 41.5. The zero-order valence-corrected chi connectivity index (χ0v) is 23.3. The molecular formula is C30H32N2O8S. The van der Waals surface area contributed by atoms with Gasteiger partial charge in [-0.25, -0.2) is 0 Å². The number of nitrogens with zero attached hydrogens (tertiary/aromatic N) is 1. The summed E-state index contributed by atoms with van der Waals surface area (Å²) < 4.78 is 0. The van der Waals surface area contributed by atoms with Crippen LogP contribution in [0.5, 0.6) is 5.75 Å². The number of phenolic OH excluding ortho intramolecular Hbond substituents is 1. The average Bonchev–Trinajstić information content (AvgIpc) is 2.94. The lowest BCUT2D eigenvalue weighted by Crippen LogP contribution is -2.71. The van der Waals surface area contributed by atoms with E-state index in [1.807, 2.05) is 30.3 Å². The van der Waals surface area contributed by atoms with Crippen molar-refractivity contribution >= 4 is 35.0 Å². The standard InChI is InChI=1S/C30H32N2O8S/c1-3-32(2)23-22-25(35)19-16(13-41-12-14-8-5-4-6-9-14)15-10-7-11-17(33)18(15)24(34)20(19)27(37)30(22,40)28(38)21(26(23)36)29(31)39/h4-11,16,19,22-23,25,33-35,38,40H,3,12-13H2,1-2H3,(H2,31,39)/t16?,19?,22?,23-,25?,30-/m0/s1. The molecule has 1 saturated carbocycles. The van der Waals surface area contributed by atoms with E-state index >= 15 is 0 Å². The molecule has 0 heterocycles. The number of nitrogens with two attached hydrogens (primary N) is 1. The largest absolute Gasteiger partial charge is 0.508 e. The summed E-state index contributed by atoms with van der Waals surface area (Å²) >= 11 is 1.52. The average molecular weight is 581 g/mol. The van der Waals surface area contributed by atoms with Crippen molar-refractivity contribution < 1.29 is 39.9 Å². The van der Waals surface area contributed by atoms with Crippen molar-refractivity contribution in [2.75, 3.05) is 19.3 Å². The van der Waals surface area contributed by atoms with E-state index in [1.165, 1.54) is 29.8 Å². The third-order valence-corrected chi connectivity index (χ3v) is 9.76. The molecule has 11 heteroatoms. The van der Waals surface area contributed by atoms with Crippen LogP contribution in [0.15, 0.2) is 65.4 Å². The number of hydrogen-bond acceptors (Lipinski definition) is 10. The van der Waals surface area contributed by atoms with Crippen LogP contribution in [0.4, 0.5) is 0 Å². The van der Waals surface area contributed by atoms with Crippen LogP contribution in [0, 0.1) is 11.8 Å². The molecule has 41 heavy (non-hydrogen) atoms. The van der Waals surface area contributed by atoms with Crippen LogP contribution in [0.25, 0.3) is 5.76 Å². The minimum absolute atomic E-state index is 0.0145. The Morgan fingerprint density at radius 3 is 2.39 bits per heavy atom. The van der Waals surface area contributed by atoms with Crippen molar-refractivity contribution in [2.24, 2.45) is 17.6 Å². The minimum Gasteiger partial charge on any atom is -0.508 e. The Kier molecular flexibility index (Phi) is 7.49. The summed E-state index contributed by atoms with van der Waals surface area (Å²) in [6.45, 7) is 1.95. The molecule has 0 spiro atoms. The van der Waals surface area contributed by atoms with Crippen molar-refractivity contribution in [1.82, 2.24) is 4.90 Å². The van der Waals surface area contributed by atoms with E-state index in [-0.39, 0.29) is 17.9 Å². The molecular weight excluding hydrogens is 548 g/mol. The second kappa shape index (κ2) is 10.6. The number of fused-ring (bicyclic) bond motifs is 3. The Hall–Kier alpha value is -3.64. The van der Waals surface area contributed by atoms with Crippen LogP contribution in [-0.4, -0.2) is 85.0 Å². The molecule has 1 fully saturated rings. The Morgan fingerprint density at radius 1 is 1.07 bits per heavy atom. The van der Waals surface area contributed by atoms with E-state index in [2.05, 4.69) is 0 Å². The van der Waals surface area contributed by atoms with Crippen LogP contribution in [0.3, 0.4) is 0 Å². The van der Waals surface area contributed by atoms with Gasteiger partial charge < -0.3 is 31.3 Å². The maximum atomic E-state index is 14.2. The third-order valence-electron chi connectivity index (χ3n) is 8.62. The number of phenols is 1. The van der Waals surface area contributed by atoms with Crippen molar-refractivity contribution in [3.05, 3.63) is 82.1 Å². The summed E-state index contributed by atoms with van der Waals surface area (Å²) in [5, 5.41) is 57.1. The van der Waals surface area contributed by atoms with Crippen LogP contribution < -0.4 is 5.73 Å². The first-order valence-electron chi connectivity index (χ1n) is 13.3. The number of rotatable bonds is 7. The Balaban J connectivity index is 1.70. The molecule has 10 nitrogen and oxygen atoms in total. The molecule has 3 aliphatic rings. The van der Waals surface area contributed by atoms with Gasteiger partial charge in [0.05, 0.1) is 23.6 Å². The second-order valence-electron chi connectivity index (χ2n) is 10.7. The third kappa shape index (κ3) is 4.26. The number of amides is 1. The van der Waals surface area contributed by atoms with Crippen molar-refractivity contribution in [2.45, 2.75) is 36.3 Å². The summed E-state index contributed by atoms with van der Waals surface area (Å²) in [6.07, 6.45) is -1.63. The van der Waals surface area contributed by atoms with Crippen LogP contribution in [0.1, 0.15) is 29.5 Å². The molecule has 216 valence electrons. The van der Waals surface area contributed by atoms with Crippen molar-refractivity contribution in [3.63, 3.8) is 0 Å². The molecule has 0 saturated heterocycles. The van der Waals surface area contributed by atoms with Gasteiger partial charge in [0.25, 0.3) is 5.91 Å². The fourth-order valence-corrected chi connectivity index (χ4v) is 7.77. The first-order valence-corrected chi connectivity index (χ1v) is 14.4. The number of hydrogen-bond donors (Lipinski definition) is 6. The zero-order chi connectivity index (χ0) is 29.8. The van der Waals surface area contributed by atoms with Gasteiger partial charge in [-0.1, -0.05) is 49.4 Å². The summed E-state index contributed by atoms with van der Waals surface area (Å²) in [6, 6.07) is 12.9. The molecule has 5 rings (SSSR count). The van der Waals surface area contributed by atoms with Crippen LogP contribution >= 0.6 is 11.8 Å². The lowest BCUT2D eigenvalue weighted by molar-refractivity contribution is -0.170. The molecule has 2 aromatic carbocycles. The van der Waals surface area contributed by atoms with Gasteiger partial charge in [0.2, 0.25) is 5.78 Å². The van der Waals surface area contributed by atoms with Gasteiger partial charge in [-0.2, -0.15) is 11.8 Å². The number of aromatic hydroxyl groups is 1. The predicted octanol–water partition coefficient (Wildman–Crippen LogP) is 1.80. The van der Waals surface area contributed by atoms with E-state index < -0.39 is 75.6 Å². The molecule has 0 bridgehead atoms. The van der Waals surface area contributed by atoms with Gasteiger partial charge in [0, 0.05) is 28.9 Å². The Bertz CT molecular complexity index is 1490.